The van der Waals surface area contributed by atoms with Crippen LogP contribution in [-0.4, -0.2) is 14.9 Å². The van der Waals surface area contributed by atoms with Crippen LogP contribution in [0.5, 0.6) is 0 Å². The van der Waals surface area contributed by atoms with Gasteiger partial charge in [-0.15, -0.1) is 0 Å². The number of para-hydroxylation sites is 1. The van der Waals surface area contributed by atoms with Crippen LogP contribution in [0.3, 0.4) is 0 Å². The Bertz CT molecular complexity index is 829. The van der Waals surface area contributed by atoms with Gasteiger partial charge in [-0.05, 0) is 29.2 Å². The summed E-state index contributed by atoms with van der Waals surface area (Å²) < 4.78 is 5.36. The number of H-pyrrole nitrogens is 1. The Hall–Kier alpha value is -2.80. The monoisotopic (exact) mass is 332 g/mol. The zero-order valence-corrected chi connectivity index (χ0v) is 12.9. The zero-order valence-electron chi connectivity index (χ0n) is 12.2. The first-order chi connectivity index (χ1) is 11.1. The molecule has 0 fully saturated rings. The van der Waals surface area contributed by atoms with Gasteiger partial charge in [-0.3, -0.25) is 0 Å². The van der Waals surface area contributed by atoms with Crippen LogP contribution >= 0.6 is 11.6 Å². The summed E-state index contributed by atoms with van der Waals surface area (Å²) in [5, 5.41) is 11.8. The highest BCUT2D eigenvalue weighted by Crippen LogP contribution is 2.36. The number of benzene rings is 1. The Balaban J connectivity index is 2.12. The number of nitro groups is 1. The third-order valence-corrected chi connectivity index (χ3v) is 3.58. The van der Waals surface area contributed by atoms with Crippen LogP contribution in [0.1, 0.15) is 11.6 Å². The highest BCUT2D eigenvalue weighted by molar-refractivity contribution is 6.33. The number of nitrogens with zero attached hydrogens (tertiary/aromatic N) is 3. The highest BCUT2D eigenvalue weighted by Gasteiger charge is 2.27. The largest absolute Gasteiger partial charge is 0.467 e. The van der Waals surface area contributed by atoms with E-state index in [1.54, 1.807) is 48.4 Å². The van der Waals surface area contributed by atoms with Crippen molar-refractivity contribution in [1.82, 2.24) is 9.97 Å². The lowest BCUT2D eigenvalue weighted by Gasteiger charge is -2.22. The van der Waals surface area contributed by atoms with Crippen molar-refractivity contribution in [3.05, 3.63) is 69.4 Å². The van der Waals surface area contributed by atoms with Gasteiger partial charge in [0.15, 0.2) is 5.82 Å². The minimum Gasteiger partial charge on any atom is -0.467 e. The Morgan fingerprint density at radius 2 is 2.13 bits per heavy atom. The number of aromatic nitrogens is 2. The number of aromatic amines is 1. The van der Waals surface area contributed by atoms with Crippen LogP contribution in [0.2, 0.25) is 5.02 Å². The number of imidazole rings is 1. The van der Waals surface area contributed by atoms with Gasteiger partial charge in [-0.1, -0.05) is 23.7 Å². The molecule has 0 saturated heterocycles. The second-order valence-corrected chi connectivity index (χ2v) is 5.28. The van der Waals surface area contributed by atoms with Gasteiger partial charge in [0.2, 0.25) is 5.82 Å². The van der Waals surface area contributed by atoms with Crippen LogP contribution in [0, 0.1) is 17.0 Å². The van der Waals surface area contributed by atoms with Gasteiger partial charge in [-0.2, -0.15) is 4.98 Å². The minimum absolute atomic E-state index is 0.186. The topological polar surface area (TPSA) is 88.2 Å². The Morgan fingerprint density at radius 3 is 2.78 bits per heavy atom. The fraction of sp³-hybridized carbons (Fsp3) is 0.133. The third kappa shape index (κ3) is 3.04. The summed E-state index contributed by atoms with van der Waals surface area (Å²) in [5.74, 6) is 1.09. The number of nitrogens with one attached hydrogen (secondary N) is 1. The summed E-state index contributed by atoms with van der Waals surface area (Å²) in [6.45, 7) is 1.93. The fourth-order valence-corrected chi connectivity index (χ4v) is 2.52. The molecule has 0 amide bonds. The molecular formula is C15H13ClN4O3. The molecule has 0 aliphatic rings. The number of halogens is 1. The zero-order chi connectivity index (χ0) is 16.4. The minimum atomic E-state index is -0.499. The molecule has 3 aromatic rings. The summed E-state index contributed by atoms with van der Waals surface area (Å²) in [5.41, 5.74) is 0.611. The van der Waals surface area contributed by atoms with Crippen LogP contribution in [0.25, 0.3) is 0 Å². The summed E-state index contributed by atoms with van der Waals surface area (Å²) in [4.78, 5) is 19.4. The second kappa shape index (κ2) is 6.13. The average Bonchev–Trinajstić information content (AvgIpc) is 3.15. The lowest BCUT2D eigenvalue weighted by atomic mass is 10.2. The van der Waals surface area contributed by atoms with Crippen molar-refractivity contribution in [1.29, 1.82) is 0 Å². The number of hydrogen-bond acceptors (Lipinski definition) is 5. The molecule has 0 saturated carbocycles. The van der Waals surface area contributed by atoms with Crippen molar-refractivity contribution < 1.29 is 9.34 Å². The molecule has 2 aromatic heterocycles. The summed E-state index contributed by atoms with van der Waals surface area (Å²) in [7, 11) is 0. The van der Waals surface area contributed by atoms with Crippen molar-refractivity contribution in [2.75, 3.05) is 4.90 Å². The van der Waals surface area contributed by atoms with Gasteiger partial charge in [0, 0.05) is 6.92 Å². The summed E-state index contributed by atoms with van der Waals surface area (Å²) in [6.07, 6.45) is 1.55. The van der Waals surface area contributed by atoms with E-state index in [9.17, 15) is 10.1 Å². The first-order valence-corrected chi connectivity index (χ1v) is 7.19. The van der Waals surface area contributed by atoms with Gasteiger partial charge >= 0.3 is 5.82 Å². The number of furan rings is 1. The molecular weight excluding hydrogens is 320 g/mol. The molecule has 0 unspecified atom stereocenters. The number of aryl methyl sites for hydroxylation is 1. The fourth-order valence-electron chi connectivity index (χ4n) is 2.29. The van der Waals surface area contributed by atoms with Crippen molar-refractivity contribution in [2.45, 2.75) is 13.5 Å². The van der Waals surface area contributed by atoms with Gasteiger partial charge in [0.1, 0.15) is 5.76 Å². The molecule has 1 N–H and O–H groups in total. The van der Waals surface area contributed by atoms with Gasteiger partial charge in [-0.25, -0.2) is 4.98 Å². The summed E-state index contributed by atoms with van der Waals surface area (Å²) in [6, 6.07) is 10.6. The number of hydrogen-bond donors (Lipinski definition) is 1. The van der Waals surface area contributed by atoms with Crippen LogP contribution in [0.4, 0.5) is 17.3 Å². The maximum atomic E-state index is 11.3. The summed E-state index contributed by atoms with van der Waals surface area (Å²) >= 11 is 6.27. The van der Waals surface area contributed by atoms with E-state index in [1.807, 2.05) is 6.07 Å². The van der Waals surface area contributed by atoms with Crippen LogP contribution in [-0.2, 0) is 6.54 Å². The first-order valence-electron chi connectivity index (χ1n) is 6.81. The molecule has 2 heterocycles. The molecule has 0 aliphatic heterocycles. The number of anilines is 2. The lowest BCUT2D eigenvalue weighted by Crippen LogP contribution is -2.18. The van der Waals surface area contributed by atoms with Crippen molar-refractivity contribution in [3.8, 4) is 0 Å². The molecule has 23 heavy (non-hydrogen) atoms. The average molecular weight is 333 g/mol. The van der Waals surface area contributed by atoms with Gasteiger partial charge < -0.3 is 19.4 Å². The molecule has 3 rings (SSSR count). The van der Waals surface area contributed by atoms with E-state index in [0.717, 1.165) is 0 Å². The Labute approximate surface area is 136 Å². The quantitative estimate of drug-likeness (QED) is 0.558. The molecule has 0 spiro atoms. The Kier molecular flexibility index (Phi) is 4.03. The van der Waals surface area contributed by atoms with Crippen molar-refractivity contribution >= 4 is 28.9 Å². The molecule has 0 radical (unpaired) electrons. The predicted molar refractivity (Wildman–Crippen MR) is 86.0 cm³/mol. The normalized spacial score (nSPS) is 10.7. The Morgan fingerprint density at radius 1 is 1.35 bits per heavy atom. The van der Waals surface area contributed by atoms with E-state index < -0.39 is 4.92 Å². The lowest BCUT2D eigenvalue weighted by molar-refractivity contribution is -0.388. The maximum absolute atomic E-state index is 11.3. The standard InChI is InChI=1S/C15H13ClN4O3/c1-10-17-14(15(18-10)20(21)22)19(9-11-5-4-8-23-11)13-7-3-2-6-12(13)16/h2-8H,9H2,1H3,(H,17,18). The SMILES string of the molecule is Cc1nc(N(Cc2ccco2)c2ccccc2Cl)c([N+](=O)[O-])[nH]1. The number of rotatable bonds is 5. The third-order valence-electron chi connectivity index (χ3n) is 3.26. The first kappa shape index (κ1) is 15.1. The van der Waals surface area contributed by atoms with E-state index in [0.29, 0.717) is 22.3 Å². The molecule has 7 nitrogen and oxygen atoms in total. The van der Waals surface area contributed by atoms with Crippen molar-refractivity contribution in [3.63, 3.8) is 0 Å². The van der Waals surface area contributed by atoms with Gasteiger partial charge in [0.25, 0.3) is 0 Å². The van der Waals surface area contributed by atoms with Crippen LogP contribution < -0.4 is 4.90 Å². The van der Waals surface area contributed by atoms with E-state index in [1.165, 1.54) is 0 Å². The molecule has 118 valence electrons. The van der Waals surface area contributed by atoms with Crippen LogP contribution in [0.15, 0.2) is 47.1 Å². The van der Waals surface area contributed by atoms with E-state index in [4.69, 9.17) is 16.0 Å². The second-order valence-electron chi connectivity index (χ2n) is 4.87. The molecule has 8 heteroatoms. The van der Waals surface area contributed by atoms with Gasteiger partial charge in [0.05, 0.1) is 23.5 Å². The van der Waals surface area contributed by atoms with E-state index in [-0.39, 0.29) is 18.2 Å². The highest BCUT2D eigenvalue weighted by atomic mass is 35.5. The molecule has 0 atom stereocenters. The predicted octanol–water partition coefficient (Wildman–Crippen LogP) is 4.21. The molecule has 1 aromatic carbocycles. The molecule has 0 aliphatic carbocycles. The van der Waals surface area contributed by atoms with E-state index >= 15 is 0 Å². The maximum Gasteiger partial charge on any atom is 0.365 e. The molecule has 0 bridgehead atoms. The van der Waals surface area contributed by atoms with Crippen molar-refractivity contribution in [2.24, 2.45) is 0 Å². The van der Waals surface area contributed by atoms with E-state index in [2.05, 4.69) is 9.97 Å². The smallest absolute Gasteiger partial charge is 0.365 e.